The maximum absolute atomic E-state index is 13.5. The highest BCUT2D eigenvalue weighted by Crippen LogP contribution is 2.45. The quantitative estimate of drug-likeness (QED) is 0.148. The van der Waals surface area contributed by atoms with E-state index in [1.54, 1.807) is 32.1 Å². The van der Waals surface area contributed by atoms with E-state index in [1.165, 1.54) is 31.2 Å². The summed E-state index contributed by atoms with van der Waals surface area (Å²) in [4.78, 5) is 64.0. The van der Waals surface area contributed by atoms with Gasteiger partial charge in [0, 0.05) is 42.9 Å². The summed E-state index contributed by atoms with van der Waals surface area (Å²) in [5.41, 5.74) is 2.45. The van der Waals surface area contributed by atoms with E-state index in [2.05, 4.69) is 10.6 Å². The van der Waals surface area contributed by atoms with Gasteiger partial charge in [0.2, 0.25) is 17.9 Å². The van der Waals surface area contributed by atoms with Gasteiger partial charge in [0.15, 0.2) is 5.79 Å². The molecule has 4 N–H and O–H groups in total. The Morgan fingerprint density at radius 1 is 1.02 bits per heavy atom. The first-order valence-corrected chi connectivity index (χ1v) is 17.1. The summed E-state index contributed by atoms with van der Waals surface area (Å²) in [6.07, 6.45) is 0.416. The van der Waals surface area contributed by atoms with Crippen molar-refractivity contribution in [3.8, 4) is 0 Å². The Hall–Kier alpha value is -4.89. The minimum Gasteiger partial charge on any atom is -0.462 e. The van der Waals surface area contributed by atoms with Gasteiger partial charge in [-0.1, -0.05) is 50.2 Å². The highest BCUT2D eigenvalue weighted by molar-refractivity contribution is 5.98. The molecule has 2 aromatic rings. The van der Waals surface area contributed by atoms with Gasteiger partial charge < -0.3 is 44.5 Å². The van der Waals surface area contributed by atoms with E-state index in [1.807, 2.05) is 24.3 Å². The average molecular weight is 719 g/mol. The van der Waals surface area contributed by atoms with Crippen LogP contribution in [0.4, 0.5) is 0 Å². The molecule has 2 aliphatic heterocycles. The van der Waals surface area contributed by atoms with Crippen molar-refractivity contribution in [2.24, 2.45) is 5.41 Å². The van der Waals surface area contributed by atoms with E-state index in [4.69, 9.17) is 28.8 Å². The summed E-state index contributed by atoms with van der Waals surface area (Å²) in [6.45, 7) is 4.67. The highest BCUT2D eigenvalue weighted by atomic mass is 16.8. The Kier molecular flexibility index (Phi) is 10.6. The predicted octanol–water partition coefficient (Wildman–Crippen LogP) is 1.30. The molecular formula is C38H42N2O12. The van der Waals surface area contributed by atoms with Crippen LogP contribution >= 0.6 is 0 Å². The molecule has 14 nitrogen and oxygen atoms in total. The van der Waals surface area contributed by atoms with Crippen molar-refractivity contribution in [1.29, 1.82) is 0 Å². The van der Waals surface area contributed by atoms with Gasteiger partial charge in [-0.05, 0) is 47.9 Å². The van der Waals surface area contributed by atoms with E-state index in [-0.39, 0.29) is 37.3 Å². The summed E-state index contributed by atoms with van der Waals surface area (Å²) in [5.74, 6) is -4.35. The van der Waals surface area contributed by atoms with Gasteiger partial charge in [-0.15, -0.1) is 0 Å². The van der Waals surface area contributed by atoms with Crippen molar-refractivity contribution in [3.63, 3.8) is 0 Å². The number of esters is 3. The number of cyclic esters (lactones) is 1. The second kappa shape index (κ2) is 15.0. The minimum atomic E-state index is -1.31. The monoisotopic (exact) mass is 718 g/mol. The van der Waals surface area contributed by atoms with E-state index in [0.29, 0.717) is 18.4 Å². The van der Waals surface area contributed by atoms with Gasteiger partial charge in [0.1, 0.15) is 31.0 Å². The van der Waals surface area contributed by atoms with Crippen LogP contribution in [0.5, 0.6) is 0 Å². The van der Waals surface area contributed by atoms with Gasteiger partial charge in [-0.3, -0.25) is 9.59 Å². The van der Waals surface area contributed by atoms with Crippen LogP contribution in [0.1, 0.15) is 54.2 Å². The molecule has 0 radical (unpaired) electrons. The number of carbonyl (C=O) groups excluding carboxylic acids is 5. The normalized spacial score (nSPS) is 25.0. The van der Waals surface area contributed by atoms with Crippen LogP contribution in [0, 0.1) is 5.41 Å². The molecule has 0 saturated carbocycles. The zero-order chi connectivity index (χ0) is 37.2. The molecule has 0 aromatic heterocycles. The summed E-state index contributed by atoms with van der Waals surface area (Å²) in [5, 5.41) is 24.3. The Labute approximate surface area is 300 Å². The molecule has 6 unspecified atom stereocenters. The third kappa shape index (κ3) is 7.94. The van der Waals surface area contributed by atoms with Crippen molar-refractivity contribution >= 4 is 35.8 Å². The van der Waals surface area contributed by atoms with Crippen LogP contribution in [0.25, 0.3) is 6.08 Å². The lowest BCUT2D eigenvalue weighted by Crippen LogP contribution is -2.54. The molecule has 2 aromatic carbocycles. The molecule has 276 valence electrons. The van der Waals surface area contributed by atoms with E-state index in [0.717, 1.165) is 11.1 Å². The molecule has 0 bridgehead atoms. The summed E-state index contributed by atoms with van der Waals surface area (Å²) >= 11 is 0. The van der Waals surface area contributed by atoms with Gasteiger partial charge in [0.25, 0.3) is 0 Å². The number of fused-ring (bicyclic) bond motifs is 2. The number of benzene rings is 2. The molecule has 52 heavy (non-hydrogen) atoms. The molecule has 1 spiro atoms. The molecule has 14 heteroatoms. The third-order valence-corrected chi connectivity index (χ3v) is 9.53. The number of rotatable bonds is 11. The van der Waals surface area contributed by atoms with Gasteiger partial charge in [0.05, 0.1) is 18.3 Å². The molecule has 2 heterocycles. The molecular weight excluding hydrogens is 676 g/mol. The number of nitrogens with one attached hydrogen (secondary N) is 2. The van der Waals surface area contributed by atoms with Crippen LogP contribution in [0.2, 0.25) is 0 Å². The Balaban J connectivity index is 1.16. The van der Waals surface area contributed by atoms with E-state index < -0.39 is 77.5 Å². The molecule has 6 rings (SSSR count). The summed E-state index contributed by atoms with van der Waals surface area (Å²) < 4.78 is 29.3. The van der Waals surface area contributed by atoms with Gasteiger partial charge >= 0.3 is 17.9 Å². The van der Waals surface area contributed by atoms with Crippen molar-refractivity contribution in [1.82, 2.24) is 10.6 Å². The second-order valence-electron chi connectivity index (χ2n) is 14.1. The SMILES string of the molecule is CC(O)C(NC(=O)C1=CC2OC3(Cc4ccccc4C3)OC2C(OC(=O)c2ccc(C=CC(=O)OC3C(=O)OCC3(C)C)cc2)C1)C(=O)NCCO. The van der Waals surface area contributed by atoms with Crippen LogP contribution in [-0.4, -0.2) is 102 Å². The number of hydrogen-bond donors (Lipinski definition) is 4. The molecule has 2 saturated heterocycles. The number of aliphatic hydroxyl groups excluding tert-OH is 2. The number of ether oxygens (including phenoxy) is 5. The summed E-state index contributed by atoms with van der Waals surface area (Å²) in [6, 6.07) is 12.8. The lowest BCUT2D eigenvalue weighted by molar-refractivity contribution is -0.172. The lowest BCUT2D eigenvalue weighted by atomic mass is 9.90. The zero-order valence-corrected chi connectivity index (χ0v) is 29.0. The first-order valence-electron chi connectivity index (χ1n) is 17.1. The molecule has 6 atom stereocenters. The fourth-order valence-corrected chi connectivity index (χ4v) is 6.78. The minimum absolute atomic E-state index is 0.0568. The van der Waals surface area contributed by atoms with Crippen molar-refractivity contribution in [2.45, 2.75) is 82.4 Å². The van der Waals surface area contributed by atoms with Gasteiger partial charge in [-0.25, -0.2) is 14.4 Å². The number of aliphatic hydroxyl groups is 2. The molecule has 2 amide bonds. The van der Waals surface area contributed by atoms with Crippen molar-refractivity contribution in [2.75, 3.05) is 19.8 Å². The fraction of sp³-hybridized carbons (Fsp3) is 0.447. The molecule has 2 aliphatic carbocycles. The number of hydrogen-bond acceptors (Lipinski definition) is 12. The highest BCUT2D eigenvalue weighted by Gasteiger charge is 2.55. The standard InChI is InChI=1S/C38H42N2O12/c1-21(42)30(34(45)39-14-15-41)40-33(44)26-16-27(31-28(17-26)51-38(52-31)18-24-6-4-5-7-25(24)19-38)49-35(46)23-11-8-22(9-12-23)10-13-29(43)50-32-36(47)48-20-37(32,2)3/h4-13,17,21,27-28,30-32,41-42H,14-16,18-20H2,1-3H3,(H,39,45)(H,40,44). The van der Waals surface area contributed by atoms with Crippen molar-refractivity contribution in [3.05, 3.63) is 88.5 Å². The van der Waals surface area contributed by atoms with Crippen LogP contribution in [0.15, 0.2) is 66.3 Å². The zero-order valence-electron chi connectivity index (χ0n) is 29.0. The van der Waals surface area contributed by atoms with Crippen LogP contribution in [-0.2, 0) is 55.7 Å². The predicted molar refractivity (Wildman–Crippen MR) is 182 cm³/mol. The average Bonchev–Trinajstić information content (AvgIpc) is 3.75. The Morgan fingerprint density at radius 3 is 2.33 bits per heavy atom. The first-order chi connectivity index (χ1) is 24.8. The maximum Gasteiger partial charge on any atom is 0.348 e. The van der Waals surface area contributed by atoms with Crippen LogP contribution < -0.4 is 10.6 Å². The second-order valence-corrected chi connectivity index (χ2v) is 14.1. The topological polar surface area (TPSA) is 196 Å². The number of amides is 2. The first kappa shape index (κ1) is 36.9. The van der Waals surface area contributed by atoms with Crippen LogP contribution in [0.3, 0.4) is 0 Å². The van der Waals surface area contributed by atoms with E-state index in [9.17, 15) is 29.1 Å². The number of carbonyl (C=O) groups is 5. The Bertz CT molecular complexity index is 1760. The third-order valence-electron chi connectivity index (χ3n) is 9.53. The maximum atomic E-state index is 13.5. The smallest absolute Gasteiger partial charge is 0.348 e. The summed E-state index contributed by atoms with van der Waals surface area (Å²) in [7, 11) is 0. The fourth-order valence-electron chi connectivity index (χ4n) is 6.78. The largest absolute Gasteiger partial charge is 0.462 e. The van der Waals surface area contributed by atoms with E-state index >= 15 is 0 Å². The molecule has 2 fully saturated rings. The Morgan fingerprint density at radius 2 is 1.71 bits per heavy atom. The van der Waals surface area contributed by atoms with Crippen molar-refractivity contribution < 1.29 is 57.9 Å². The lowest BCUT2D eigenvalue weighted by Gasteiger charge is -2.31. The molecule has 4 aliphatic rings. The van der Waals surface area contributed by atoms with Gasteiger partial charge in [-0.2, -0.15) is 0 Å².